The van der Waals surface area contributed by atoms with Crippen LogP contribution >= 0.6 is 7.37 Å². The van der Waals surface area contributed by atoms with Crippen molar-refractivity contribution in [1.29, 1.82) is 0 Å². The Morgan fingerprint density at radius 1 is 0.662 bits per heavy atom. The van der Waals surface area contributed by atoms with Gasteiger partial charge in [0.2, 0.25) is 14.2 Å². The number of carbonyl (C=O) groups excluding carboxylic acids is 4. The van der Waals surface area contributed by atoms with Gasteiger partial charge < -0.3 is 33.7 Å². The molecule has 0 radical (unpaired) electrons. The van der Waals surface area contributed by atoms with Gasteiger partial charge in [-0.05, 0) is 127 Å². The summed E-state index contributed by atoms with van der Waals surface area (Å²) < 4.78 is 42.6. The number of carbonyl (C=O) groups is 4. The maximum absolute atomic E-state index is 14.7. The van der Waals surface area contributed by atoms with Crippen molar-refractivity contribution in [3.05, 3.63) is 108 Å². The lowest BCUT2D eigenvalue weighted by molar-refractivity contribution is -0.175. The van der Waals surface area contributed by atoms with Crippen molar-refractivity contribution < 1.29 is 57.4 Å². The van der Waals surface area contributed by atoms with Crippen molar-refractivity contribution in [3.63, 3.8) is 0 Å². The van der Waals surface area contributed by atoms with E-state index >= 15 is 0 Å². The number of ether oxygens (including phenoxy) is 4. The average molecular weight is 957 g/mol. The summed E-state index contributed by atoms with van der Waals surface area (Å²) in [6, 6.07) is 27.5. The molecule has 12 atom stereocenters. The summed E-state index contributed by atoms with van der Waals surface area (Å²) in [6.45, 7) is 6.30. The maximum atomic E-state index is 14.7. The van der Waals surface area contributed by atoms with Gasteiger partial charge >= 0.3 is 23.9 Å². The third kappa shape index (κ3) is 12.9. The van der Waals surface area contributed by atoms with Gasteiger partial charge in [-0.25, -0.2) is 0 Å². The SMILES string of the molecule is C[C@H](CCC(=O)OCOC(=O)CCP(=O)(CC(CCC(=O)OCc1ccccc1)C(=O)OCc1ccccc1)OCc1ccccc1)[C@H]1CCC2C3CC[C@@H]4C[C@H](O)CC[C@]4(C)C3C[C@H](O)[C@@]21C. The highest BCUT2D eigenvalue weighted by atomic mass is 31.2. The molecule has 4 aliphatic rings. The Morgan fingerprint density at radius 3 is 1.88 bits per heavy atom. The summed E-state index contributed by atoms with van der Waals surface area (Å²) in [5, 5.41) is 22.4. The van der Waals surface area contributed by atoms with Crippen LogP contribution in [0, 0.1) is 52.3 Å². The molecule has 13 heteroatoms. The molecule has 2 N–H and O–H groups in total. The standard InChI is InChI=1S/C55H73O12P/c1-38(46-23-24-47-45-22-21-43-31-44(56)27-29-54(43,2)48(45)32-49(57)55(46,47)3)19-25-51(59)65-37-66-52(60)28-30-68(62,67-35-41-17-11-6-12-18-41)36-42(53(61)64-34-40-15-9-5-10-16-40)20-26-50(58)63-33-39-13-7-4-8-14-39/h4-18,38,42-49,56-57H,19-37H2,1-3H3/t38-,42?,43-,44-,45?,46-,47?,48?,49+,54+,55-,68?/m1/s1. The molecular formula is C55H73O12P. The van der Waals surface area contributed by atoms with Gasteiger partial charge in [-0.15, -0.1) is 0 Å². The Morgan fingerprint density at radius 2 is 1.24 bits per heavy atom. The van der Waals surface area contributed by atoms with Crippen molar-refractivity contribution in [2.75, 3.05) is 19.1 Å². The molecule has 7 rings (SSSR count). The Kier molecular flexibility index (Phi) is 17.8. The van der Waals surface area contributed by atoms with Crippen molar-refractivity contribution in [2.24, 2.45) is 52.3 Å². The zero-order valence-corrected chi connectivity index (χ0v) is 41.1. The molecule has 68 heavy (non-hydrogen) atoms. The van der Waals surface area contributed by atoms with Crippen LogP contribution in [0.25, 0.3) is 0 Å². The van der Waals surface area contributed by atoms with Crippen LogP contribution in [0.1, 0.15) is 121 Å². The Hall–Kier alpha value is -4.35. The van der Waals surface area contributed by atoms with Crippen LogP contribution in [0.4, 0.5) is 0 Å². The third-order valence-corrected chi connectivity index (χ3v) is 19.2. The zero-order valence-electron chi connectivity index (χ0n) is 40.2. The summed E-state index contributed by atoms with van der Waals surface area (Å²) in [5.74, 6) is -0.986. The average Bonchev–Trinajstić information content (AvgIpc) is 3.72. The summed E-state index contributed by atoms with van der Waals surface area (Å²) in [6.07, 6.45) is 7.05. The first-order chi connectivity index (χ1) is 32.7. The van der Waals surface area contributed by atoms with Crippen LogP contribution in [0.5, 0.6) is 0 Å². The topological polar surface area (TPSA) is 172 Å². The maximum Gasteiger partial charge on any atom is 0.309 e. The molecule has 3 aromatic carbocycles. The Balaban J connectivity index is 0.904. The molecule has 0 aromatic heterocycles. The number of aliphatic hydroxyl groups is 2. The second-order valence-electron chi connectivity index (χ2n) is 20.8. The molecule has 0 spiro atoms. The Labute approximate surface area is 402 Å². The smallest absolute Gasteiger partial charge is 0.309 e. The normalized spacial score (nSPS) is 29.2. The van der Waals surface area contributed by atoms with Crippen LogP contribution in [-0.4, -0.2) is 65.4 Å². The van der Waals surface area contributed by atoms with E-state index in [2.05, 4.69) is 20.8 Å². The fourth-order valence-electron chi connectivity index (χ4n) is 12.8. The second-order valence-corrected chi connectivity index (χ2v) is 23.5. The molecule has 0 saturated heterocycles. The van der Waals surface area contributed by atoms with E-state index in [9.17, 15) is 34.0 Å². The van der Waals surface area contributed by atoms with Gasteiger partial charge in [0.1, 0.15) is 13.2 Å². The summed E-state index contributed by atoms with van der Waals surface area (Å²) >= 11 is 0. The van der Waals surface area contributed by atoms with E-state index in [1.807, 2.05) is 91.0 Å². The predicted octanol–water partition coefficient (Wildman–Crippen LogP) is 10.2. The zero-order chi connectivity index (χ0) is 48.3. The molecule has 12 nitrogen and oxygen atoms in total. The first-order valence-electron chi connectivity index (χ1n) is 25.0. The van der Waals surface area contributed by atoms with Gasteiger partial charge in [-0.3, -0.25) is 23.7 Å². The number of fused-ring (bicyclic) bond motifs is 5. The largest absolute Gasteiger partial charge is 0.461 e. The molecule has 4 fully saturated rings. The quantitative estimate of drug-likeness (QED) is 0.0423. The van der Waals surface area contributed by atoms with Crippen molar-refractivity contribution in [3.8, 4) is 0 Å². The number of rotatable bonds is 22. The molecule has 370 valence electrons. The van der Waals surface area contributed by atoms with E-state index in [-0.39, 0.29) is 86.6 Å². The van der Waals surface area contributed by atoms with E-state index in [1.165, 1.54) is 0 Å². The molecule has 0 amide bonds. The summed E-state index contributed by atoms with van der Waals surface area (Å²) in [5.41, 5.74) is 2.26. The molecule has 0 bridgehead atoms. The molecule has 5 unspecified atom stereocenters. The number of hydrogen-bond donors (Lipinski definition) is 2. The highest BCUT2D eigenvalue weighted by molar-refractivity contribution is 7.59. The monoisotopic (exact) mass is 956 g/mol. The Bertz CT molecular complexity index is 2170. The predicted molar refractivity (Wildman–Crippen MR) is 256 cm³/mol. The van der Waals surface area contributed by atoms with Crippen molar-refractivity contribution >= 4 is 31.2 Å². The van der Waals surface area contributed by atoms with Crippen LogP contribution in [0.2, 0.25) is 0 Å². The van der Waals surface area contributed by atoms with Gasteiger partial charge in [0.15, 0.2) is 0 Å². The van der Waals surface area contributed by atoms with Gasteiger partial charge in [-0.2, -0.15) is 0 Å². The van der Waals surface area contributed by atoms with E-state index in [0.29, 0.717) is 30.1 Å². The van der Waals surface area contributed by atoms with Crippen molar-refractivity contribution in [1.82, 2.24) is 0 Å². The number of esters is 4. The van der Waals surface area contributed by atoms with Crippen LogP contribution in [0.3, 0.4) is 0 Å². The fourth-order valence-corrected chi connectivity index (χ4v) is 15.1. The van der Waals surface area contributed by atoms with Gasteiger partial charge in [0, 0.05) is 25.2 Å². The van der Waals surface area contributed by atoms with Crippen LogP contribution in [-0.2, 0) is 67.0 Å². The molecule has 0 heterocycles. The minimum absolute atomic E-state index is 0.0204. The van der Waals surface area contributed by atoms with Gasteiger partial charge in [0.25, 0.3) is 0 Å². The van der Waals surface area contributed by atoms with Gasteiger partial charge in [0.05, 0.1) is 31.2 Å². The summed E-state index contributed by atoms with van der Waals surface area (Å²) in [7, 11) is -3.78. The lowest BCUT2D eigenvalue weighted by Crippen LogP contribution is -2.58. The van der Waals surface area contributed by atoms with E-state index < -0.39 is 50.1 Å². The fraction of sp³-hybridized carbons (Fsp3) is 0.600. The number of hydrogen-bond acceptors (Lipinski definition) is 12. The lowest BCUT2D eigenvalue weighted by atomic mass is 9.43. The summed E-state index contributed by atoms with van der Waals surface area (Å²) in [4.78, 5) is 52.7. The van der Waals surface area contributed by atoms with E-state index in [1.54, 1.807) is 0 Å². The minimum Gasteiger partial charge on any atom is -0.461 e. The molecule has 4 saturated carbocycles. The number of benzene rings is 3. The minimum atomic E-state index is -3.78. The first kappa shape index (κ1) is 51.5. The molecule has 0 aliphatic heterocycles. The molecule has 4 aliphatic carbocycles. The molecular weight excluding hydrogens is 884 g/mol. The van der Waals surface area contributed by atoms with Crippen molar-refractivity contribution in [2.45, 2.75) is 136 Å². The molecule has 3 aromatic rings. The van der Waals surface area contributed by atoms with E-state index in [4.69, 9.17) is 23.5 Å². The highest BCUT2D eigenvalue weighted by Crippen LogP contribution is 2.68. The lowest BCUT2D eigenvalue weighted by Gasteiger charge is -2.62. The highest BCUT2D eigenvalue weighted by Gasteiger charge is 2.63. The second kappa shape index (κ2) is 23.5. The third-order valence-electron chi connectivity index (χ3n) is 16.7. The van der Waals surface area contributed by atoms with Gasteiger partial charge in [-0.1, -0.05) is 112 Å². The number of aliphatic hydroxyl groups excluding tert-OH is 2. The van der Waals surface area contributed by atoms with Crippen LogP contribution < -0.4 is 0 Å². The van der Waals surface area contributed by atoms with E-state index in [0.717, 1.165) is 68.1 Å². The first-order valence-corrected chi connectivity index (χ1v) is 27.0. The van der Waals surface area contributed by atoms with Crippen LogP contribution in [0.15, 0.2) is 91.0 Å².